The van der Waals surface area contributed by atoms with Crippen LogP contribution in [0.5, 0.6) is 0 Å². The summed E-state index contributed by atoms with van der Waals surface area (Å²) in [6, 6.07) is 0. The number of methoxy groups -OCH3 is 1. The van der Waals surface area contributed by atoms with Crippen molar-refractivity contribution in [2.45, 2.75) is 13.8 Å². The van der Waals surface area contributed by atoms with Crippen molar-refractivity contribution in [3.8, 4) is 0 Å². The van der Waals surface area contributed by atoms with Crippen LogP contribution in [0.4, 0.5) is 0 Å². The second kappa shape index (κ2) is 17.8. The lowest BCUT2D eigenvalue weighted by atomic mass is 10.1. The van der Waals surface area contributed by atoms with E-state index in [9.17, 15) is 4.79 Å². The predicted octanol–water partition coefficient (Wildman–Crippen LogP) is 0.941. The largest absolute Gasteiger partial charge is 0.382 e. The molecule has 0 aliphatic rings. The summed E-state index contributed by atoms with van der Waals surface area (Å²) in [5, 5.41) is 0. The van der Waals surface area contributed by atoms with Crippen LogP contribution in [0.15, 0.2) is 0 Å². The van der Waals surface area contributed by atoms with Crippen molar-refractivity contribution < 1.29 is 33.2 Å². The zero-order valence-corrected chi connectivity index (χ0v) is 14.7. The van der Waals surface area contributed by atoms with Gasteiger partial charge in [-0.25, -0.2) is 0 Å². The number of carbonyl (C=O) groups is 1. The molecule has 0 unspecified atom stereocenters. The summed E-state index contributed by atoms with van der Waals surface area (Å²) < 4.78 is 31.3. The van der Waals surface area contributed by atoms with E-state index in [0.29, 0.717) is 66.1 Å². The third-order valence-corrected chi connectivity index (χ3v) is 2.81. The Balaban J connectivity index is 3.04. The maximum absolute atomic E-state index is 11.3. The molecule has 7 nitrogen and oxygen atoms in total. The Hall–Kier alpha value is -0.570. The first-order valence-electron chi connectivity index (χ1n) is 8.08. The predicted molar refractivity (Wildman–Crippen MR) is 85.8 cm³/mol. The van der Waals surface area contributed by atoms with Crippen molar-refractivity contribution >= 4 is 5.78 Å². The molecule has 0 aliphatic heterocycles. The fourth-order valence-corrected chi connectivity index (χ4v) is 1.36. The second-order valence-electron chi connectivity index (χ2n) is 5.12. The number of ketones is 1. The van der Waals surface area contributed by atoms with E-state index in [1.54, 1.807) is 7.11 Å². The van der Waals surface area contributed by atoms with E-state index < -0.39 is 0 Å². The number of hydrogen-bond acceptors (Lipinski definition) is 7. The minimum Gasteiger partial charge on any atom is -0.382 e. The molecule has 138 valence electrons. The number of rotatable bonds is 18. The van der Waals surface area contributed by atoms with Gasteiger partial charge >= 0.3 is 0 Å². The Morgan fingerprint density at radius 1 is 0.652 bits per heavy atom. The average molecular weight is 336 g/mol. The fourth-order valence-electron chi connectivity index (χ4n) is 1.36. The highest BCUT2D eigenvalue weighted by Gasteiger charge is 2.06. The summed E-state index contributed by atoms with van der Waals surface area (Å²) in [4.78, 5) is 11.3. The summed E-state index contributed by atoms with van der Waals surface area (Å²) in [7, 11) is 1.64. The molecule has 0 radical (unpaired) electrons. The van der Waals surface area contributed by atoms with Crippen molar-refractivity contribution in [2.75, 3.05) is 79.8 Å². The third kappa shape index (κ3) is 17.6. The lowest BCUT2D eigenvalue weighted by molar-refractivity contribution is -0.127. The van der Waals surface area contributed by atoms with E-state index >= 15 is 0 Å². The van der Waals surface area contributed by atoms with Crippen LogP contribution >= 0.6 is 0 Å². The van der Waals surface area contributed by atoms with Gasteiger partial charge in [0.1, 0.15) is 6.61 Å². The molecular weight excluding hydrogens is 304 g/mol. The number of carbonyl (C=O) groups excluding carboxylic acids is 1. The molecule has 0 N–H and O–H groups in total. The smallest absolute Gasteiger partial charge is 0.160 e. The Labute approximate surface area is 139 Å². The van der Waals surface area contributed by atoms with Crippen LogP contribution in [0.3, 0.4) is 0 Å². The van der Waals surface area contributed by atoms with Crippen molar-refractivity contribution in [1.29, 1.82) is 0 Å². The molecule has 0 saturated carbocycles. The molecule has 0 aromatic carbocycles. The number of Topliss-reactive ketones (excluding diaryl/α,β-unsaturated/α-hetero) is 1. The minimum absolute atomic E-state index is 0.0171. The van der Waals surface area contributed by atoms with E-state index in [1.165, 1.54) is 0 Å². The van der Waals surface area contributed by atoms with Gasteiger partial charge in [0, 0.05) is 13.0 Å². The third-order valence-electron chi connectivity index (χ3n) is 2.81. The SMILES string of the molecule is COCCOCCOCCOCCOCCOCC(=O)C(C)C. The molecule has 0 aromatic rings. The van der Waals surface area contributed by atoms with E-state index in [4.69, 9.17) is 28.4 Å². The van der Waals surface area contributed by atoms with Gasteiger partial charge in [-0.1, -0.05) is 13.8 Å². The van der Waals surface area contributed by atoms with Gasteiger partial charge in [0.05, 0.1) is 66.1 Å². The Bertz CT molecular complexity index is 259. The van der Waals surface area contributed by atoms with Gasteiger partial charge in [-0.2, -0.15) is 0 Å². The fraction of sp³-hybridized carbons (Fsp3) is 0.938. The maximum Gasteiger partial charge on any atom is 0.160 e. The topological polar surface area (TPSA) is 72.5 Å². The first-order chi connectivity index (χ1) is 11.2. The molecule has 0 bridgehead atoms. The van der Waals surface area contributed by atoms with Gasteiger partial charge in [0.25, 0.3) is 0 Å². The first kappa shape index (κ1) is 22.4. The molecular formula is C16H32O7. The molecule has 0 amide bonds. The molecule has 0 saturated heterocycles. The molecule has 0 aliphatic carbocycles. The molecule has 0 heterocycles. The number of ether oxygens (including phenoxy) is 6. The lowest BCUT2D eigenvalue weighted by Gasteiger charge is -2.08. The number of hydrogen-bond donors (Lipinski definition) is 0. The molecule has 0 atom stereocenters. The van der Waals surface area contributed by atoms with Crippen molar-refractivity contribution in [1.82, 2.24) is 0 Å². The summed E-state index contributed by atoms with van der Waals surface area (Å²) in [5.41, 5.74) is 0. The monoisotopic (exact) mass is 336 g/mol. The van der Waals surface area contributed by atoms with Crippen LogP contribution in [-0.4, -0.2) is 85.6 Å². The van der Waals surface area contributed by atoms with Crippen LogP contribution in [-0.2, 0) is 33.2 Å². The van der Waals surface area contributed by atoms with Gasteiger partial charge in [-0.15, -0.1) is 0 Å². The standard InChI is InChI=1S/C16H32O7/c1-15(2)16(17)14-23-13-12-22-11-10-21-9-8-20-7-6-19-5-4-18-3/h15H,4-14H2,1-3H3. The lowest BCUT2D eigenvalue weighted by Crippen LogP contribution is -2.17. The Kier molecular flexibility index (Phi) is 17.3. The minimum atomic E-state index is 0.0171. The second-order valence-corrected chi connectivity index (χ2v) is 5.12. The van der Waals surface area contributed by atoms with Gasteiger partial charge in [0.2, 0.25) is 0 Å². The highest BCUT2D eigenvalue weighted by atomic mass is 16.6. The molecule has 7 heteroatoms. The highest BCUT2D eigenvalue weighted by molar-refractivity contribution is 5.81. The van der Waals surface area contributed by atoms with E-state index in [2.05, 4.69) is 0 Å². The van der Waals surface area contributed by atoms with Gasteiger partial charge < -0.3 is 28.4 Å². The van der Waals surface area contributed by atoms with Crippen LogP contribution in [0.25, 0.3) is 0 Å². The van der Waals surface area contributed by atoms with Crippen molar-refractivity contribution in [3.05, 3.63) is 0 Å². The molecule has 0 rings (SSSR count). The molecule has 23 heavy (non-hydrogen) atoms. The van der Waals surface area contributed by atoms with E-state index in [0.717, 1.165) is 0 Å². The molecule has 0 aromatic heterocycles. The summed E-state index contributed by atoms with van der Waals surface area (Å²) in [6.45, 7) is 9.14. The van der Waals surface area contributed by atoms with Crippen LogP contribution in [0.2, 0.25) is 0 Å². The summed E-state index contributed by atoms with van der Waals surface area (Å²) >= 11 is 0. The Morgan fingerprint density at radius 2 is 1.00 bits per heavy atom. The maximum atomic E-state index is 11.3. The van der Waals surface area contributed by atoms with E-state index in [-0.39, 0.29) is 18.3 Å². The normalized spacial score (nSPS) is 11.3. The average Bonchev–Trinajstić information content (AvgIpc) is 2.54. The zero-order chi connectivity index (χ0) is 17.2. The van der Waals surface area contributed by atoms with Crippen molar-refractivity contribution in [3.63, 3.8) is 0 Å². The van der Waals surface area contributed by atoms with Gasteiger partial charge in [-0.05, 0) is 0 Å². The molecule has 0 spiro atoms. The first-order valence-corrected chi connectivity index (χ1v) is 8.08. The zero-order valence-electron chi connectivity index (χ0n) is 14.7. The quantitative estimate of drug-likeness (QED) is 0.345. The van der Waals surface area contributed by atoms with Crippen LogP contribution in [0.1, 0.15) is 13.8 Å². The van der Waals surface area contributed by atoms with Gasteiger partial charge in [-0.3, -0.25) is 4.79 Å². The van der Waals surface area contributed by atoms with E-state index in [1.807, 2.05) is 13.8 Å². The molecule has 0 fully saturated rings. The Morgan fingerprint density at radius 3 is 1.35 bits per heavy atom. The van der Waals surface area contributed by atoms with Gasteiger partial charge in [0.15, 0.2) is 5.78 Å². The van der Waals surface area contributed by atoms with Crippen LogP contribution in [0, 0.1) is 5.92 Å². The van der Waals surface area contributed by atoms with Crippen LogP contribution < -0.4 is 0 Å². The van der Waals surface area contributed by atoms with Crippen molar-refractivity contribution in [2.24, 2.45) is 5.92 Å². The summed E-state index contributed by atoms with van der Waals surface area (Å²) in [5.74, 6) is 0.126. The summed E-state index contributed by atoms with van der Waals surface area (Å²) in [6.07, 6.45) is 0. The highest BCUT2D eigenvalue weighted by Crippen LogP contribution is 1.94.